The molecule has 2 nitrogen and oxygen atoms in total. The van der Waals surface area contributed by atoms with E-state index in [1.54, 1.807) is 0 Å². The molecular formula is C35H36N2. The SMILES string of the molecule is Cc1ccc(N(C2=CCC(C(C)(C)C)C=C2)c2ccc(N(c3ccccc3)c3ccccc3)cc2)cc1. The number of nitrogens with zero attached hydrogens (tertiary/aromatic N) is 2. The third-order valence-corrected chi connectivity index (χ3v) is 7.14. The molecule has 1 atom stereocenters. The molecule has 0 N–H and O–H groups in total. The number of para-hydroxylation sites is 2. The lowest BCUT2D eigenvalue weighted by Crippen LogP contribution is -2.23. The Labute approximate surface area is 222 Å². The van der Waals surface area contributed by atoms with Gasteiger partial charge in [-0.2, -0.15) is 0 Å². The van der Waals surface area contributed by atoms with Crippen molar-refractivity contribution in [1.82, 2.24) is 0 Å². The van der Waals surface area contributed by atoms with E-state index in [0.717, 1.165) is 29.2 Å². The zero-order chi connectivity index (χ0) is 25.8. The van der Waals surface area contributed by atoms with Crippen molar-refractivity contribution < 1.29 is 0 Å². The van der Waals surface area contributed by atoms with Crippen LogP contribution in [0.15, 0.2) is 133 Å². The molecule has 0 saturated carbocycles. The summed E-state index contributed by atoms with van der Waals surface area (Å²) in [4.78, 5) is 4.67. The summed E-state index contributed by atoms with van der Waals surface area (Å²) >= 11 is 0. The Kier molecular flexibility index (Phi) is 7.01. The number of rotatable bonds is 6. The molecule has 1 aliphatic rings. The quantitative estimate of drug-likeness (QED) is 0.269. The van der Waals surface area contributed by atoms with Gasteiger partial charge < -0.3 is 9.80 Å². The number of allylic oxidation sites excluding steroid dienone is 3. The fraction of sp³-hybridized carbons (Fsp3) is 0.200. The van der Waals surface area contributed by atoms with Gasteiger partial charge in [-0.1, -0.05) is 87.0 Å². The number of hydrogen-bond donors (Lipinski definition) is 0. The summed E-state index contributed by atoms with van der Waals surface area (Å²) in [5, 5.41) is 0. The minimum absolute atomic E-state index is 0.257. The lowest BCUT2D eigenvalue weighted by Gasteiger charge is -2.33. The third-order valence-electron chi connectivity index (χ3n) is 7.14. The smallest absolute Gasteiger partial charge is 0.0463 e. The molecule has 4 aromatic rings. The van der Waals surface area contributed by atoms with E-state index in [-0.39, 0.29) is 5.41 Å². The van der Waals surface area contributed by atoms with Crippen LogP contribution in [-0.4, -0.2) is 0 Å². The Morgan fingerprint density at radius 2 is 1.00 bits per heavy atom. The van der Waals surface area contributed by atoms with Crippen LogP contribution in [0, 0.1) is 18.3 Å². The molecule has 0 aliphatic heterocycles. The van der Waals surface area contributed by atoms with Crippen LogP contribution in [0.2, 0.25) is 0 Å². The van der Waals surface area contributed by atoms with Crippen LogP contribution in [0.4, 0.5) is 28.4 Å². The van der Waals surface area contributed by atoms with Gasteiger partial charge in [-0.15, -0.1) is 0 Å². The normalized spacial score (nSPS) is 15.2. The van der Waals surface area contributed by atoms with E-state index in [4.69, 9.17) is 0 Å². The first kappa shape index (κ1) is 24.6. The summed E-state index contributed by atoms with van der Waals surface area (Å²) in [7, 11) is 0. The fourth-order valence-electron chi connectivity index (χ4n) is 4.91. The molecule has 0 heterocycles. The fourth-order valence-corrected chi connectivity index (χ4v) is 4.91. The van der Waals surface area contributed by atoms with Gasteiger partial charge in [-0.25, -0.2) is 0 Å². The lowest BCUT2D eigenvalue weighted by atomic mass is 9.77. The second-order valence-corrected chi connectivity index (χ2v) is 10.9. The minimum Gasteiger partial charge on any atom is -0.311 e. The van der Waals surface area contributed by atoms with Gasteiger partial charge in [0.2, 0.25) is 0 Å². The van der Waals surface area contributed by atoms with Crippen molar-refractivity contribution >= 4 is 28.4 Å². The van der Waals surface area contributed by atoms with E-state index in [9.17, 15) is 0 Å². The van der Waals surface area contributed by atoms with Crippen LogP contribution >= 0.6 is 0 Å². The van der Waals surface area contributed by atoms with E-state index >= 15 is 0 Å². The third kappa shape index (κ3) is 5.54. The largest absolute Gasteiger partial charge is 0.311 e. The van der Waals surface area contributed by atoms with E-state index in [0.29, 0.717) is 5.92 Å². The topological polar surface area (TPSA) is 6.48 Å². The molecule has 4 aromatic carbocycles. The minimum atomic E-state index is 0.257. The number of hydrogen-bond acceptors (Lipinski definition) is 2. The molecular weight excluding hydrogens is 448 g/mol. The maximum atomic E-state index is 2.39. The van der Waals surface area contributed by atoms with Crippen LogP contribution in [0.3, 0.4) is 0 Å². The molecule has 0 aromatic heterocycles. The van der Waals surface area contributed by atoms with Gasteiger partial charge in [-0.3, -0.25) is 0 Å². The summed E-state index contributed by atoms with van der Waals surface area (Å²) in [6, 6.07) is 38.8. The molecule has 0 spiro atoms. The van der Waals surface area contributed by atoms with Gasteiger partial charge >= 0.3 is 0 Å². The zero-order valence-electron chi connectivity index (χ0n) is 22.3. The number of anilines is 5. The van der Waals surface area contributed by atoms with Crippen LogP contribution in [-0.2, 0) is 0 Å². The molecule has 0 saturated heterocycles. The molecule has 0 radical (unpaired) electrons. The molecule has 5 rings (SSSR count). The van der Waals surface area contributed by atoms with Gasteiger partial charge in [0.05, 0.1) is 0 Å². The highest BCUT2D eigenvalue weighted by Gasteiger charge is 2.25. The van der Waals surface area contributed by atoms with Crippen molar-refractivity contribution in [2.24, 2.45) is 11.3 Å². The molecule has 186 valence electrons. The van der Waals surface area contributed by atoms with E-state index < -0.39 is 0 Å². The number of benzene rings is 4. The predicted octanol–water partition coefficient (Wildman–Crippen LogP) is 10.1. The summed E-state index contributed by atoms with van der Waals surface area (Å²) in [5.41, 5.74) is 8.48. The highest BCUT2D eigenvalue weighted by atomic mass is 15.2. The van der Waals surface area contributed by atoms with Gasteiger partial charge in [0.1, 0.15) is 0 Å². The summed E-state index contributed by atoms with van der Waals surface area (Å²) in [6.45, 7) is 9.10. The second kappa shape index (κ2) is 10.5. The first-order valence-electron chi connectivity index (χ1n) is 13.2. The summed E-state index contributed by atoms with van der Waals surface area (Å²) < 4.78 is 0. The van der Waals surface area contributed by atoms with Crippen LogP contribution in [0.5, 0.6) is 0 Å². The molecule has 1 aliphatic carbocycles. The Balaban J connectivity index is 1.53. The van der Waals surface area contributed by atoms with Crippen molar-refractivity contribution in [3.05, 3.63) is 139 Å². The highest BCUT2D eigenvalue weighted by Crippen LogP contribution is 2.39. The molecule has 37 heavy (non-hydrogen) atoms. The molecule has 2 heteroatoms. The van der Waals surface area contributed by atoms with Crippen molar-refractivity contribution in [2.45, 2.75) is 34.1 Å². The first-order valence-corrected chi connectivity index (χ1v) is 13.2. The average Bonchev–Trinajstić information content (AvgIpc) is 2.92. The maximum absolute atomic E-state index is 2.39. The van der Waals surface area contributed by atoms with E-state index in [1.807, 2.05) is 0 Å². The predicted molar refractivity (Wildman–Crippen MR) is 159 cm³/mol. The second-order valence-electron chi connectivity index (χ2n) is 10.9. The summed E-state index contributed by atoms with van der Waals surface area (Å²) in [6.07, 6.45) is 8.13. The van der Waals surface area contributed by atoms with Gasteiger partial charge in [0.15, 0.2) is 0 Å². The first-order chi connectivity index (χ1) is 17.9. The molecule has 1 unspecified atom stereocenters. The van der Waals surface area contributed by atoms with E-state index in [2.05, 4.69) is 165 Å². The summed E-state index contributed by atoms with van der Waals surface area (Å²) in [5.74, 6) is 0.545. The van der Waals surface area contributed by atoms with Gasteiger partial charge in [0, 0.05) is 34.1 Å². The Morgan fingerprint density at radius 1 is 0.568 bits per heavy atom. The van der Waals surface area contributed by atoms with Crippen molar-refractivity contribution in [3.8, 4) is 0 Å². The van der Waals surface area contributed by atoms with Gasteiger partial charge in [0.25, 0.3) is 0 Å². The molecule has 0 bridgehead atoms. The monoisotopic (exact) mass is 484 g/mol. The maximum Gasteiger partial charge on any atom is 0.0463 e. The Hall–Kier alpha value is -4.04. The van der Waals surface area contributed by atoms with Gasteiger partial charge in [-0.05, 0) is 91.4 Å². The molecule has 0 fully saturated rings. The lowest BCUT2D eigenvalue weighted by molar-refractivity contribution is 0.293. The van der Waals surface area contributed by atoms with Crippen molar-refractivity contribution in [1.29, 1.82) is 0 Å². The van der Waals surface area contributed by atoms with Crippen LogP contribution in [0.1, 0.15) is 32.8 Å². The van der Waals surface area contributed by atoms with Crippen LogP contribution in [0.25, 0.3) is 0 Å². The number of aryl methyl sites for hydroxylation is 1. The van der Waals surface area contributed by atoms with Crippen LogP contribution < -0.4 is 9.80 Å². The molecule has 0 amide bonds. The van der Waals surface area contributed by atoms with E-state index in [1.165, 1.54) is 16.9 Å². The zero-order valence-corrected chi connectivity index (χ0v) is 22.3. The highest BCUT2D eigenvalue weighted by molar-refractivity contribution is 5.79. The average molecular weight is 485 g/mol. The standard InChI is InChI=1S/C35H36N2/c1-27-15-19-31(20-16-27)37(32-21-17-28(18-22-32)35(2,3)4)34-25-23-33(24-26-34)36(29-11-7-5-8-12-29)30-13-9-6-10-14-30/h5-17,19-26,28H,18H2,1-4H3. The van der Waals surface area contributed by atoms with Crippen molar-refractivity contribution in [2.75, 3.05) is 9.80 Å². The Bertz CT molecular complexity index is 1320. The Morgan fingerprint density at radius 3 is 1.43 bits per heavy atom. The van der Waals surface area contributed by atoms with Crippen molar-refractivity contribution in [3.63, 3.8) is 0 Å².